The molecule has 0 saturated carbocycles. The van der Waals surface area contributed by atoms with E-state index in [0.717, 1.165) is 11.3 Å². The predicted octanol–water partition coefficient (Wildman–Crippen LogP) is 1.10. The molecule has 0 radical (unpaired) electrons. The van der Waals surface area contributed by atoms with Crippen molar-refractivity contribution < 1.29 is 4.79 Å². The molecule has 0 atom stereocenters. The molecule has 82 valence electrons. The molecular formula is C11H17N3O. The lowest BCUT2D eigenvalue weighted by Gasteiger charge is -2.19. The lowest BCUT2D eigenvalue weighted by molar-refractivity contribution is 0.247. The summed E-state index contributed by atoms with van der Waals surface area (Å²) in [5, 5.41) is 2.72. The molecule has 0 saturated heterocycles. The molecule has 0 unspecified atom stereocenters. The zero-order valence-corrected chi connectivity index (χ0v) is 9.16. The molecular weight excluding hydrogens is 190 g/mol. The topological polar surface area (TPSA) is 58.4 Å². The quantitative estimate of drug-likeness (QED) is 0.779. The van der Waals surface area contributed by atoms with Crippen LogP contribution >= 0.6 is 0 Å². The first kappa shape index (κ1) is 11.5. The zero-order valence-electron chi connectivity index (χ0n) is 9.16. The molecule has 2 amide bonds. The second-order valence-electron chi connectivity index (χ2n) is 3.37. The van der Waals surface area contributed by atoms with E-state index in [1.807, 2.05) is 31.2 Å². The maximum Gasteiger partial charge on any atom is 0.321 e. The van der Waals surface area contributed by atoms with Gasteiger partial charge in [-0.15, -0.1) is 0 Å². The van der Waals surface area contributed by atoms with Gasteiger partial charge in [-0.2, -0.15) is 0 Å². The molecule has 3 N–H and O–H groups in total. The predicted molar refractivity (Wildman–Crippen MR) is 62.0 cm³/mol. The lowest BCUT2D eigenvalue weighted by atomic mass is 10.2. The van der Waals surface area contributed by atoms with Gasteiger partial charge in [0.2, 0.25) is 0 Å². The third-order valence-corrected chi connectivity index (χ3v) is 2.20. The van der Waals surface area contributed by atoms with Gasteiger partial charge in [-0.1, -0.05) is 18.2 Å². The number of rotatable bonds is 3. The number of aryl methyl sites for hydroxylation is 1. The average molecular weight is 207 g/mol. The normalized spacial score (nSPS) is 9.80. The van der Waals surface area contributed by atoms with Crippen molar-refractivity contribution in [1.29, 1.82) is 0 Å². The Morgan fingerprint density at radius 3 is 2.73 bits per heavy atom. The summed E-state index contributed by atoms with van der Waals surface area (Å²) in [4.78, 5) is 13.2. The van der Waals surface area contributed by atoms with E-state index in [2.05, 4.69) is 5.32 Å². The minimum Gasteiger partial charge on any atom is -0.336 e. The Labute approximate surface area is 90.1 Å². The third kappa shape index (κ3) is 2.95. The van der Waals surface area contributed by atoms with E-state index in [0.29, 0.717) is 13.1 Å². The zero-order chi connectivity index (χ0) is 11.3. The Bertz CT molecular complexity index is 338. The van der Waals surface area contributed by atoms with E-state index in [9.17, 15) is 4.79 Å². The smallest absolute Gasteiger partial charge is 0.321 e. The van der Waals surface area contributed by atoms with Gasteiger partial charge in [-0.25, -0.2) is 4.79 Å². The van der Waals surface area contributed by atoms with Crippen LogP contribution in [0.4, 0.5) is 10.5 Å². The fourth-order valence-corrected chi connectivity index (χ4v) is 1.35. The first-order chi connectivity index (χ1) is 7.16. The van der Waals surface area contributed by atoms with Gasteiger partial charge in [0.25, 0.3) is 0 Å². The van der Waals surface area contributed by atoms with E-state index >= 15 is 0 Å². The maximum atomic E-state index is 11.6. The van der Waals surface area contributed by atoms with Gasteiger partial charge in [0.05, 0.1) is 0 Å². The van der Waals surface area contributed by atoms with Crippen molar-refractivity contribution in [1.82, 2.24) is 5.32 Å². The Morgan fingerprint density at radius 1 is 1.47 bits per heavy atom. The van der Waals surface area contributed by atoms with E-state index in [1.165, 1.54) is 0 Å². The number of hydrogen-bond donors (Lipinski definition) is 2. The molecule has 0 heterocycles. The van der Waals surface area contributed by atoms with E-state index < -0.39 is 0 Å². The Morgan fingerprint density at radius 2 is 2.13 bits per heavy atom. The molecule has 1 aromatic carbocycles. The highest BCUT2D eigenvalue weighted by Crippen LogP contribution is 2.17. The van der Waals surface area contributed by atoms with E-state index in [-0.39, 0.29) is 6.03 Å². The van der Waals surface area contributed by atoms with Crippen molar-refractivity contribution in [3.63, 3.8) is 0 Å². The van der Waals surface area contributed by atoms with Gasteiger partial charge in [0, 0.05) is 25.8 Å². The first-order valence-electron chi connectivity index (χ1n) is 4.94. The molecule has 0 spiro atoms. The van der Waals surface area contributed by atoms with Crippen LogP contribution in [-0.4, -0.2) is 26.2 Å². The molecule has 4 heteroatoms. The van der Waals surface area contributed by atoms with Crippen molar-refractivity contribution >= 4 is 11.7 Å². The number of carbonyl (C=O) groups is 1. The summed E-state index contributed by atoms with van der Waals surface area (Å²) in [6.07, 6.45) is 0. The number of anilines is 1. The number of nitrogens with one attached hydrogen (secondary N) is 1. The molecule has 1 aromatic rings. The second kappa shape index (κ2) is 5.36. The molecule has 0 aliphatic heterocycles. The van der Waals surface area contributed by atoms with Gasteiger partial charge < -0.3 is 11.1 Å². The molecule has 15 heavy (non-hydrogen) atoms. The Hall–Kier alpha value is -1.55. The number of amides is 2. The largest absolute Gasteiger partial charge is 0.336 e. The molecule has 1 rings (SSSR count). The Kier molecular flexibility index (Phi) is 4.12. The van der Waals surface area contributed by atoms with Crippen LogP contribution in [0.5, 0.6) is 0 Å². The first-order valence-corrected chi connectivity index (χ1v) is 4.94. The molecule has 0 aromatic heterocycles. The molecule has 4 nitrogen and oxygen atoms in total. The van der Waals surface area contributed by atoms with Crippen LogP contribution in [0.1, 0.15) is 5.56 Å². The van der Waals surface area contributed by atoms with Crippen molar-refractivity contribution in [2.45, 2.75) is 6.92 Å². The Balaban J connectivity index is 2.72. The van der Waals surface area contributed by atoms with Crippen molar-refractivity contribution in [2.75, 3.05) is 25.0 Å². The van der Waals surface area contributed by atoms with Crippen LogP contribution < -0.4 is 16.0 Å². The molecule has 0 fully saturated rings. The monoisotopic (exact) mass is 207 g/mol. The van der Waals surface area contributed by atoms with Gasteiger partial charge in [-0.3, -0.25) is 4.90 Å². The van der Waals surface area contributed by atoms with Crippen molar-refractivity contribution in [3.05, 3.63) is 29.8 Å². The van der Waals surface area contributed by atoms with E-state index in [1.54, 1.807) is 11.9 Å². The standard InChI is InChI=1S/C11H17N3O/c1-9-5-3-4-6-10(9)14(2)11(15)13-8-7-12/h3-6H,7-8,12H2,1-2H3,(H,13,15). The number of para-hydroxylation sites is 1. The van der Waals surface area contributed by atoms with Gasteiger partial charge in [0.1, 0.15) is 0 Å². The summed E-state index contributed by atoms with van der Waals surface area (Å²) in [6.45, 7) is 2.92. The van der Waals surface area contributed by atoms with Crippen LogP contribution in [0.15, 0.2) is 24.3 Å². The van der Waals surface area contributed by atoms with Crippen molar-refractivity contribution in [3.8, 4) is 0 Å². The molecule has 0 bridgehead atoms. The third-order valence-electron chi connectivity index (χ3n) is 2.20. The number of carbonyl (C=O) groups excluding carboxylic acids is 1. The van der Waals surface area contributed by atoms with Crippen LogP contribution in [0.3, 0.4) is 0 Å². The fraction of sp³-hybridized carbons (Fsp3) is 0.364. The highest BCUT2D eigenvalue weighted by Gasteiger charge is 2.10. The number of benzene rings is 1. The second-order valence-corrected chi connectivity index (χ2v) is 3.37. The minimum atomic E-state index is -0.130. The number of urea groups is 1. The van der Waals surface area contributed by atoms with Crippen LogP contribution in [-0.2, 0) is 0 Å². The summed E-state index contributed by atoms with van der Waals surface area (Å²) in [7, 11) is 1.74. The van der Waals surface area contributed by atoms with Crippen LogP contribution in [0, 0.1) is 6.92 Å². The van der Waals surface area contributed by atoms with Gasteiger partial charge in [0.15, 0.2) is 0 Å². The summed E-state index contributed by atoms with van der Waals surface area (Å²) in [5.41, 5.74) is 7.29. The summed E-state index contributed by atoms with van der Waals surface area (Å²) >= 11 is 0. The molecule has 0 aliphatic rings. The van der Waals surface area contributed by atoms with Crippen LogP contribution in [0.2, 0.25) is 0 Å². The fourth-order valence-electron chi connectivity index (χ4n) is 1.35. The molecule has 0 aliphatic carbocycles. The summed E-state index contributed by atoms with van der Waals surface area (Å²) < 4.78 is 0. The minimum absolute atomic E-state index is 0.130. The number of hydrogen-bond acceptors (Lipinski definition) is 2. The SMILES string of the molecule is Cc1ccccc1N(C)C(=O)NCCN. The van der Waals surface area contributed by atoms with Crippen molar-refractivity contribution in [2.24, 2.45) is 5.73 Å². The van der Waals surface area contributed by atoms with E-state index in [4.69, 9.17) is 5.73 Å². The van der Waals surface area contributed by atoms with Gasteiger partial charge >= 0.3 is 6.03 Å². The summed E-state index contributed by atoms with van der Waals surface area (Å²) in [6, 6.07) is 7.62. The van der Waals surface area contributed by atoms with Crippen LogP contribution in [0.25, 0.3) is 0 Å². The average Bonchev–Trinajstić information content (AvgIpc) is 2.25. The van der Waals surface area contributed by atoms with Gasteiger partial charge in [-0.05, 0) is 18.6 Å². The summed E-state index contributed by atoms with van der Waals surface area (Å²) in [5.74, 6) is 0. The number of nitrogens with zero attached hydrogens (tertiary/aromatic N) is 1. The number of nitrogens with two attached hydrogens (primary N) is 1. The highest BCUT2D eigenvalue weighted by molar-refractivity contribution is 5.92. The maximum absolute atomic E-state index is 11.6. The highest BCUT2D eigenvalue weighted by atomic mass is 16.2. The lowest BCUT2D eigenvalue weighted by Crippen LogP contribution is -2.39.